The molecule has 1 amide bonds. The summed E-state index contributed by atoms with van der Waals surface area (Å²) in [6, 6.07) is 6.79. The van der Waals surface area contributed by atoms with Crippen LogP contribution >= 0.6 is 0 Å². The number of aromatic nitrogens is 5. The Balaban J connectivity index is 1.20. The molecule has 4 aromatic rings. The number of halogens is 3. The number of benzene rings is 1. The lowest BCUT2D eigenvalue weighted by atomic mass is 9.93. The van der Waals surface area contributed by atoms with Crippen molar-refractivity contribution in [1.29, 1.82) is 0 Å². The number of amides is 1. The number of hydrogen-bond donors (Lipinski definition) is 2. The molecule has 5 rings (SSSR count). The van der Waals surface area contributed by atoms with Gasteiger partial charge in [0.25, 0.3) is 5.91 Å². The molecule has 3 heterocycles. The van der Waals surface area contributed by atoms with Crippen molar-refractivity contribution >= 4 is 28.4 Å². The van der Waals surface area contributed by atoms with E-state index in [0.717, 1.165) is 36.0 Å². The number of alkyl halides is 3. The van der Waals surface area contributed by atoms with Gasteiger partial charge >= 0.3 is 6.18 Å². The van der Waals surface area contributed by atoms with Crippen LogP contribution in [0.25, 0.3) is 11.0 Å². The minimum atomic E-state index is -4.39. The Bertz CT molecular complexity index is 1310. The molecule has 0 bridgehead atoms. The van der Waals surface area contributed by atoms with E-state index in [-0.39, 0.29) is 12.5 Å². The number of nitrogens with zero attached hydrogens (tertiary/aromatic N) is 5. The summed E-state index contributed by atoms with van der Waals surface area (Å²) in [6.07, 6.45) is 5.35. The van der Waals surface area contributed by atoms with Gasteiger partial charge < -0.3 is 15.2 Å². The molecule has 2 N–H and O–H groups in total. The third kappa shape index (κ3) is 4.54. The van der Waals surface area contributed by atoms with Crippen molar-refractivity contribution in [3.8, 4) is 0 Å². The summed E-state index contributed by atoms with van der Waals surface area (Å²) >= 11 is 0. The summed E-state index contributed by atoms with van der Waals surface area (Å²) in [5, 5.41) is 5.67. The number of hydrogen-bond acceptors (Lipinski definition) is 6. The summed E-state index contributed by atoms with van der Waals surface area (Å²) < 4.78 is 40.1. The predicted octanol–water partition coefficient (Wildman–Crippen LogP) is 4.64. The molecule has 34 heavy (non-hydrogen) atoms. The van der Waals surface area contributed by atoms with E-state index in [4.69, 9.17) is 0 Å². The molecule has 1 fully saturated rings. The fourth-order valence-electron chi connectivity index (χ4n) is 3.67. The molecule has 0 spiro atoms. The van der Waals surface area contributed by atoms with Crippen molar-refractivity contribution in [2.45, 2.75) is 38.0 Å². The Morgan fingerprint density at radius 1 is 1.03 bits per heavy atom. The average molecular weight is 467 g/mol. The molecule has 8 nitrogen and oxygen atoms in total. The summed E-state index contributed by atoms with van der Waals surface area (Å²) in [5.74, 6) is 0.0308. The van der Waals surface area contributed by atoms with E-state index in [9.17, 15) is 18.0 Å². The molecule has 1 aliphatic carbocycles. The summed E-state index contributed by atoms with van der Waals surface area (Å²) in [5.41, 5.74) is 2.19. The third-order valence-corrected chi connectivity index (χ3v) is 5.78. The van der Waals surface area contributed by atoms with Crippen LogP contribution < -0.4 is 10.6 Å². The molecular weight excluding hydrogens is 447 g/mol. The topological polar surface area (TPSA) is 97.6 Å². The van der Waals surface area contributed by atoms with E-state index in [0.29, 0.717) is 28.9 Å². The first-order valence-corrected chi connectivity index (χ1v) is 10.7. The number of nitrogens with one attached hydrogen (secondary N) is 2. The Kier molecular flexibility index (Phi) is 5.60. The number of anilines is 2. The van der Waals surface area contributed by atoms with Crippen molar-refractivity contribution in [3.05, 3.63) is 72.2 Å². The van der Waals surface area contributed by atoms with Gasteiger partial charge in [-0.2, -0.15) is 13.2 Å². The van der Waals surface area contributed by atoms with Crippen LogP contribution in [0, 0.1) is 0 Å². The number of carbonyl (C=O) groups is 1. The second-order valence-electron chi connectivity index (χ2n) is 8.07. The average Bonchev–Trinajstić information content (AvgIpc) is 3.20. The first-order chi connectivity index (χ1) is 16.4. The number of rotatable bonds is 6. The number of pyridine rings is 1. The molecule has 0 aliphatic heterocycles. The van der Waals surface area contributed by atoms with Crippen LogP contribution in [-0.4, -0.2) is 30.4 Å². The van der Waals surface area contributed by atoms with Gasteiger partial charge in [-0.3, -0.25) is 9.78 Å². The molecule has 1 aromatic carbocycles. The zero-order valence-electron chi connectivity index (χ0n) is 17.9. The molecule has 3 aromatic heterocycles. The van der Waals surface area contributed by atoms with Crippen LogP contribution in [0.1, 0.15) is 47.1 Å². The minimum absolute atomic E-state index is 0.147. The predicted molar refractivity (Wildman–Crippen MR) is 118 cm³/mol. The first-order valence-electron chi connectivity index (χ1n) is 10.7. The van der Waals surface area contributed by atoms with E-state index in [1.54, 1.807) is 18.6 Å². The molecular formula is C23H20F3N7O. The molecule has 1 aliphatic rings. The Morgan fingerprint density at radius 3 is 2.47 bits per heavy atom. The van der Waals surface area contributed by atoms with Gasteiger partial charge in [0.05, 0.1) is 48.2 Å². The summed E-state index contributed by atoms with van der Waals surface area (Å²) in [4.78, 5) is 29.6. The quantitative estimate of drug-likeness (QED) is 0.429. The van der Waals surface area contributed by atoms with Crippen LogP contribution in [0.2, 0.25) is 0 Å². The maximum Gasteiger partial charge on any atom is 0.416 e. The lowest BCUT2D eigenvalue weighted by Gasteiger charge is -2.27. The van der Waals surface area contributed by atoms with E-state index in [1.165, 1.54) is 30.9 Å². The first kappa shape index (κ1) is 21.8. The molecule has 1 saturated carbocycles. The van der Waals surface area contributed by atoms with E-state index in [2.05, 4.69) is 35.1 Å². The maximum atomic E-state index is 12.7. The van der Waals surface area contributed by atoms with Gasteiger partial charge in [-0.05, 0) is 49.6 Å². The second-order valence-corrected chi connectivity index (χ2v) is 8.07. The van der Waals surface area contributed by atoms with Gasteiger partial charge in [-0.1, -0.05) is 0 Å². The zero-order chi connectivity index (χ0) is 23.7. The highest BCUT2D eigenvalue weighted by Crippen LogP contribution is 2.34. The largest absolute Gasteiger partial charge is 0.416 e. The van der Waals surface area contributed by atoms with Gasteiger partial charge in [-0.25, -0.2) is 15.0 Å². The standard InChI is InChI=1S/C23H20F3N7O/c24-23(25,26)14-4-6-15(7-5-14)32-21-12-27-16(9-29-21)10-30-22(34)18-8-20-19(11-28-18)31-13-33(20)17-2-1-3-17/h4-9,11-13,17H,1-3,10H2,(H,29,32)(H,30,34). The Morgan fingerprint density at radius 2 is 1.82 bits per heavy atom. The second kappa shape index (κ2) is 8.73. The fourth-order valence-corrected chi connectivity index (χ4v) is 3.67. The molecule has 11 heteroatoms. The van der Waals surface area contributed by atoms with Crippen LogP contribution in [0.3, 0.4) is 0 Å². The van der Waals surface area contributed by atoms with E-state index in [1.807, 2.05) is 0 Å². The van der Waals surface area contributed by atoms with Crippen molar-refractivity contribution in [3.63, 3.8) is 0 Å². The van der Waals surface area contributed by atoms with Crippen molar-refractivity contribution in [2.75, 3.05) is 5.32 Å². The monoisotopic (exact) mass is 467 g/mol. The summed E-state index contributed by atoms with van der Waals surface area (Å²) in [6.45, 7) is 0.147. The Labute approximate surface area is 192 Å². The Hall–Kier alpha value is -4.02. The molecule has 0 atom stereocenters. The number of carbonyl (C=O) groups excluding carboxylic acids is 1. The molecule has 0 saturated heterocycles. The van der Waals surface area contributed by atoms with Crippen molar-refractivity contribution < 1.29 is 18.0 Å². The smallest absolute Gasteiger partial charge is 0.345 e. The highest BCUT2D eigenvalue weighted by atomic mass is 19.4. The van der Waals surface area contributed by atoms with Crippen LogP contribution in [-0.2, 0) is 12.7 Å². The van der Waals surface area contributed by atoms with Crippen molar-refractivity contribution in [2.24, 2.45) is 0 Å². The van der Waals surface area contributed by atoms with Gasteiger partial charge in [0, 0.05) is 11.7 Å². The lowest BCUT2D eigenvalue weighted by molar-refractivity contribution is -0.137. The molecule has 0 unspecified atom stereocenters. The summed E-state index contributed by atoms with van der Waals surface area (Å²) in [7, 11) is 0. The van der Waals surface area contributed by atoms with Crippen LogP contribution in [0.4, 0.5) is 24.7 Å². The number of imidazole rings is 1. The van der Waals surface area contributed by atoms with Gasteiger partial charge in [-0.15, -0.1) is 0 Å². The van der Waals surface area contributed by atoms with Gasteiger partial charge in [0.15, 0.2) is 0 Å². The number of fused-ring (bicyclic) bond motifs is 1. The van der Waals surface area contributed by atoms with E-state index >= 15 is 0 Å². The van der Waals surface area contributed by atoms with Gasteiger partial charge in [0.2, 0.25) is 0 Å². The SMILES string of the molecule is O=C(NCc1cnc(Nc2ccc(C(F)(F)F)cc2)cn1)c1cc2c(cn1)ncn2C1CCC1. The van der Waals surface area contributed by atoms with E-state index < -0.39 is 11.7 Å². The zero-order valence-corrected chi connectivity index (χ0v) is 17.9. The highest BCUT2D eigenvalue weighted by molar-refractivity contribution is 5.95. The maximum absolute atomic E-state index is 12.7. The molecule has 174 valence electrons. The molecule has 0 radical (unpaired) electrons. The van der Waals surface area contributed by atoms with Crippen LogP contribution in [0.5, 0.6) is 0 Å². The van der Waals surface area contributed by atoms with Gasteiger partial charge in [0.1, 0.15) is 17.0 Å². The van der Waals surface area contributed by atoms with Crippen molar-refractivity contribution in [1.82, 2.24) is 29.8 Å². The van der Waals surface area contributed by atoms with Crippen LogP contribution in [0.15, 0.2) is 55.2 Å². The minimum Gasteiger partial charge on any atom is -0.345 e. The highest BCUT2D eigenvalue weighted by Gasteiger charge is 2.30. The normalized spacial score (nSPS) is 14.1. The third-order valence-electron chi connectivity index (χ3n) is 5.78. The lowest BCUT2D eigenvalue weighted by Crippen LogP contribution is -2.24. The fraction of sp³-hybridized carbons (Fsp3) is 0.261.